The summed E-state index contributed by atoms with van der Waals surface area (Å²) >= 11 is 9.51. The van der Waals surface area contributed by atoms with Crippen LogP contribution < -0.4 is 5.56 Å². The molecule has 0 amide bonds. The summed E-state index contributed by atoms with van der Waals surface area (Å²) in [5.41, 5.74) is 1.48. The van der Waals surface area contributed by atoms with Crippen LogP contribution in [-0.2, 0) is 6.54 Å². The number of hydrogen-bond acceptors (Lipinski definition) is 2. The Hall–Kier alpha value is -1.65. The Morgan fingerprint density at radius 3 is 2.65 bits per heavy atom. The zero-order valence-corrected chi connectivity index (χ0v) is 12.7. The first-order valence-electron chi connectivity index (χ1n) is 6.05. The Balaban J connectivity index is 2.18. The second-order valence-corrected chi connectivity index (χ2v) is 5.67. The fourth-order valence-corrected chi connectivity index (χ4v) is 2.66. The lowest BCUT2D eigenvalue weighted by Crippen LogP contribution is -2.22. The van der Waals surface area contributed by atoms with Gasteiger partial charge in [0.25, 0.3) is 5.56 Å². The molecule has 3 rings (SSSR count). The van der Waals surface area contributed by atoms with Crippen molar-refractivity contribution in [1.29, 1.82) is 0 Å². The minimum Gasteiger partial charge on any atom is -0.278 e. The molecule has 20 heavy (non-hydrogen) atoms. The quantitative estimate of drug-likeness (QED) is 0.659. The molecule has 5 heteroatoms. The summed E-state index contributed by atoms with van der Waals surface area (Å²) < 4.78 is 2.32. The van der Waals surface area contributed by atoms with E-state index in [2.05, 4.69) is 20.9 Å². The van der Waals surface area contributed by atoms with E-state index in [0.29, 0.717) is 17.4 Å². The molecule has 0 aliphatic heterocycles. The van der Waals surface area contributed by atoms with Gasteiger partial charge in [-0.25, -0.2) is 4.98 Å². The fourth-order valence-electron chi connectivity index (χ4n) is 2.07. The Morgan fingerprint density at radius 1 is 1.15 bits per heavy atom. The summed E-state index contributed by atoms with van der Waals surface area (Å²) in [5, 5.41) is 0.758. The Morgan fingerprint density at radius 2 is 1.90 bits per heavy atom. The van der Waals surface area contributed by atoms with Crippen LogP contribution >= 0.6 is 27.5 Å². The molecule has 2 aromatic carbocycles. The van der Waals surface area contributed by atoms with Crippen LogP contribution in [0.5, 0.6) is 0 Å². The van der Waals surface area contributed by atoms with E-state index in [1.165, 1.54) is 4.57 Å². The van der Waals surface area contributed by atoms with Gasteiger partial charge in [-0.3, -0.25) is 9.36 Å². The molecule has 0 saturated carbocycles. The summed E-state index contributed by atoms with van der Waals surface area (Å²) in [4.78, 5) is 16.8. The van der Waals surface area contributed by atoms with Crippen LogP contribution in [0.3, 0.4) is 0 Å². The molecule has 0 aliphatic carbocycles. The van der Waals surface area contributed by atoms with E-state index in [1.807, 2.05) is 36.4 Å². The Bertz CT molecular complexity index is 830. The minimum absolute atomic E-state index is 0.134. The number of fused-ring (bicyclic) bond motifs is 1. The van der Waals surface area contributed by atoms with Gasteiger partial charge < -0.3 is 0 Å². The Kier molecular flexibility index (Phi) is 3.59. The normalized spacial score (nSPS) is 10.9. The third-order valence-corrected chi connectivity index (χ3v) is 3.83. The molecule has 0 fully saturated rings. The SMILES string of the molecule is O=c1c2cc(Br)ccc2nc(Cl)n1Cc1ccccc1. The van der Waals surface area contributed by atoms with Gasteiger partial charge in [0, 0.05) is 4.47 Å². The van der Waals surface area contributed by atoms with Crippen LogP contribution in [0.25, 0.3) is 10.9 Å². The van der Waals surface area contributed by atoms with Crippen molar-refractivity contribution in [2.24, 2.45) is 0 Å². The molecule has 1 aromatic heterocycles. The van der Waals surface area contributed by atoms with Crippen molar-refractivity contribution in [1.82, 2.24) is 9.55 Å². The van der Waals surface area contributed by atoms with Crippen LogP contribution in [0.15, 0.2) is 57.8 Å². The van der Waals surface area contributed by atoms with Crippen molar-refractivity contribution in [3.63, 3.8) is 0 Å². The van der Waals surface area contributed by atoms with Gasteiger partial charge in [-0.15, -0.1) is 0 Å². The van der Waals surface area contributed by atoms with E-state index in [0.717, 1.165) is 10.0 Å². The van der Waals surface area contributed by atoms with Gasteiger partial charge in [0.05, 0.1) is 17.4 Å². The molecule has 0 N–H and O–H groups in total. The molecule has 100 valence electrons. The van der Waals surface area contributed by atoms with Crippen molar-refractivity contribution in [2.75, 3.05) is 0 Å². The summed E-state index contributed by atoms with van der Waals surface area (Å²) in [5.74, 6) is 0. The van der Waals surface area contributed by atoms with E-state index >= 15 is 0 Å². The first kappa shape index (κ1) is 13.3. The first-order chi connectivity index (χ1) is 9.65. The maximum atomic E-state index is 12.5. The van der Waals surface area contributed by atoms with Gasteiger partial charge in [0.15, 0.2) is 0 Å². The average molecular weight is 350 g/mol. The van der Waals surface area contributed by atoms with Crippen molar-refractivity contribution in [2.45, 2.75) is 6.54 Å². The largest absolute Gasteiger partial charge is 0.278 e. The smallest absolute Gasteiger partial charge is 0.262 e. The molecule has 0 radical (unpaired) electrons. The third-order valence-electron chi connectivity index (χ3n) is 3.05. The second-order valence-electron chi connectivity index (χ2n) is 4.42. The van der Waals surface area contributed by atoms with Gasteiger partial charge in [-0.05, 0) is 35.4 Å². The molecule has 0 saturated heterocycles. The predicted octanol–water partition coefficient (Wildman–Crippen LogP) is 3.86. The van der Waals surface area contributed by atoms with Gasteiger partial charge in [0.1, 0.15) is 0 Å². The zero-order chi connectivity index (χ0) is 14.1. The highest BCUT2D eigenvalue weighted by Crippen LogP contribution is 2.18. The summed E-state index contributed by atoms with van der Waals surface area (Å²) in [6, 6.07) is 15.1. The molecule has 0 bridgehead atoms. The average Bonchev–Trinajstić information content (AvgIpc) is 2.46. The number of aromatic nitrogens is 2. The third kappa shape index (κ3) is 2.49. The molecule has 0 aliphatic rings. The molecule has 0 unspecified atom stereocenters. The van der Waals surface area contributed by atoms with E-state index < -0.39 is 0 Å². The highest BCUT2D eigenvalue weighted by Gasteiger charge is 2.10. The summed E-state index contributed by atoms with van der Waals surface area (Å²) in [6.07, 6.45) is 0. The van der Waals surface area contributed by atoms with Gasteiger partial charge in [-0.2, -0.15) is 0 Å². The van der Waals surface area contributed by atoms with E-state index in [-0.39, 0.29) is 10.8 Å². The van der Waals surface area contributed by atoms with Crippen LogP contribution in [0.1, 0.15) is 5.56 Å². The second kappa shape index (κ2) is 5.38. The van der Waals surface area contributed by atoms with Gasteiger partial charge in [0.2, 0.25) is 5.28 Å². The fraction of sp³-hybridized carbons (Fsp3) is 0.0667. The summed E-state index contributed by atoms with van der Waals surface area (Å²) in [7, 11) is 0. The topological polar surface area (TPSA) is 34.9 Å². The standard InChI is InChI=1S/C15H10BrClN2O/c16-11-6-7-13-12(8-11)14(20)19(15(17)18-13)9-10-4-2-1-3-5-10/h1-8H,9H2. The molecule has 3 aromatic rings. The maximum Gasteiger partial charge on any atom is 0.262 e. The zero-order valence-electron chi connectivity index (χ0n) is 10.4. The van der Waals surface area contributed by atoms with E-state index in [4.69, 9.17) is 11.6 Å². The van der Waals surface area contributed by atoms with Crippen molar-refractivity contribution in [3.05, 3.63) is 74.2 Å². The van der Waals surface area contributed by atoms with E-state index in [1.54, 1.807) is 12.1 Å². The van der Waals surface area contributed by atoms with Crippen molar-refractivity contribution >= 4 is 38.4 Å². The van der Waals surface area contributed by atoms with Crippen LogP contribution in [0.2, 0.25) is 5.28 Å². The van der Waals surface area contributed by atoms with Crippen molar-refractivity contribution < 1.29 is 0 Å². The highest BCUT2D eigenvalue weighted by molar-refractivity contribution is 9.10. The number of hydrogen-bond donors (Lipinski definition) is 0. The molecule has 3 nitrogen and oxygen atoms in total. The van der Waals surface area contributed by atoms with Gasteiger partial charge in [-0.1, -0.05) is 46.3 Å². The number of nitrogens with zero attached hydrogens (tertiary/aromatic N) is 2. The lowest BCUT2D eigenvalue weighted by Gasteiger charge is -2.09. The molecular formula is C15H10BrClN2O. The molecule has 0 spiro atoms. The molecular weight excluding hydrogens is 340 g/mol. The van der Waals surface area contributed by atoms with E-state index in [9.17, 15) is 4.79 Å². The maximum absolute atomic E-state index is 12.5. The van der Waals surface area contributed by atoms with Crippen molar-refractivity contribution in [3.8, 4) is 0 Å². The van der Waals surface area contributed by atoms with Crippen LogP contribution in [0, 0.1) is 0 Å². The highest BCUT2D eigenvalue weighted by atomic mass is 79.9. The lowest BCUT2D eigenvalue weighted by atomic mass is 10.2. The first-order valence-corrected chi connectivity index (χ1v) is 7.22. The number of benzene rings is 2. The lowest BCUT2D eigenvalue weighted by molar-refractivity contribution is 0.749. The molecule has 0 atom stereocenters. The molecule has 1 heterocycles. The number of halogens is 2. The van der Waals surface area contributed by atoms with Crippen LogP contribution in [0.4, 0.5) is 0 Å². The minimum atomic E-state index is -0.134. The van der Waals surface area contributed by atoms with Gasteiger partial charge >= 0.3 is 0 Å². The summed E-state index contributed by atoms with van der Waals surface area (Å²) in [6.45, 7) is 0.411. The monoisotopic (exact) mass is 348 g/mol. The Labute approximate surface area is 129 Å². The number of rotatable bonds is 2. The predicted molar refractivity (Wildman–Crippen MR) is 84.3 cm³/mol. The van der Waals surface area contributed by atoms with Crippen LogP contribution in [-0.4, -0.2) is 9.55 Å².